The zero-order chi connectivity index (χ0) is 23.4. The van der Waals surface area contributed by atoms with Crippen LogP contribution < -0.4 is 4.74 Å². The van der Waals surface area contributed by atoms with E-state index < -0.39 is 23.7 Å². The maximum atomic E-state index is 13.0. The molecule has 8 nitrogen and oxygen atoms in total. The van der Waals surface area contributed by atoms with Gasteiger partial charge in [0.2, 0.25) is 0 Å². The first-order chi connectivity index (χ1) is 15.3. The van der Waals surface area contributed by atoms with Crippen LogP contribution in [0.25, 0.3) is 5.76 Å². The van der Waals surface area contributed by atoms with Crippen LogP contribution >= 0.6 is 0 Å². The highest BCUT2D eigenvalue weighted by Crippen LogP contribution is 2.39. The smallest absolute Gasteiger partial charge is 0.337 e. The molecule has 168 valence electrons. The van der Waals surface area contributed by atoms with Gasteiger partial charge < -0.3 is 24.4 Å². The molecule has 0 spiro atoms. The Morgan fingerprint density at radius 1 is 1.06 bits per heavy atom. The molecule has 1 unspecified atom stereocenters. The van der Waals surface area contributed by atoms with Crippen LogP contribution in [0.5, 0.6) is 5.75 Å². The van der Waals surface area contributed by atoms with Gasteiger partial charge in [-0.15, -0.1) is 0 Å². The van der Waals surface area contributed by atoms with Crippen molar-refractivity contribution in [3.8, 4) is 5.75 Å². The maximum Gasteiger partial charge on any atom is 0.337 e. The maximum absolute atomic E-state index is 13.0. The Morgan fingerprint density at radius 3 is 2.34 bits per heavy atom. The Kier molecular flexibility index (Phi) is 6.95. The van der Waals surface area contributed by atoms with Crippen LogP contribution in [0.4, 0.5) is 0 Å². The van der Waals surface area contributed by atoms with Gasteiger partial charge in [0.25, 0.3) is 11.7 Å². The normalized spacial score (nSPS) is 17.7. The lowest BCUT2D eigenvalue weighted by Gasteiger charge is -2.26. The number of carbonyl (C=O) groups is 3. The number of Topliss-reactive ketones (excluding diaryl/α,β-unsaturated/α-hetero) is 1. The van der Waals surface area contributed by atoms with Crippen LogP contribution in [0.1, 0.15) is 27.5 Å². The van der Waals surface area contributed by atoms with E-state index in [9.17, 15) is 19.5 Å². The zero-order valence-electron chi connectivity index (χ0n) is 18.5. The Labute approximate surface area is 186 Å². The molecule has 1 fully saturated rings. The summed E-state index contributed by atoms with van der Waals surface area (Å²) in [5.41, 5.74) is 1.30. The minimum atomic E-state index is -0.798. The van der Waals surface area contributed by atoms with Crippen molar-refractivity contribution in [2.75, 3.05) is 41.4 Å². The van der Waals surface area contributed by atoms with Crippen LogP contribution in [0.2, 0.25) is 0 Å². The molecular weight excluding hydrogens is 412 g/mol. The fourth-order valence-corrected chi connectivity index (χ4v) is 3.61. The Hall–Kier alpha value is -3.65. The number of ketones is 1. The first kappa shape index (κ1) is 23.0. The summed E-state index contributed by atoms with van der Waals surface area (Å²) in [6.45, 7) is 0.818. The Balaban J connectivity index is 2.13. The summed E-state index contributed by atoms with van der Waals surface area (Å²) in [5, 5.41) is 11.1. The molecule has 3 rings (SSSR count). The van der Waals surface area contributed by atoms with Gasteiger partial charge in [-0.3, -0.25) is 9.59 Å². The largest absolute Gasteiger partial charge is 0.507 e. The summed E-state index contributed by atoms with van der Waals surface area (Å²) < 4.78 is 9.95. The van der Waals surface area contributed by atoms with E-state index in [-0.39, 0.29) is 17.9 Å². The third kappa shape index (κ3) is 4.50. The molecule has 0 aromatic heterocycles. The van der Waals surface area contributed by atoms with Crippen molar-refractivity contribution in [1.29, 1.82) is 0 Å². The standard InChI is InChI=1S/C24H26N2O6/c1-25(2)12-13-26-20(15-8-10-16(11-9-15)24(30)32-4)19(22(28)23(26)29)21(27)17-6-5-7-18(14-17)31-3/h5-11,14,20,27H,12-13H2,1-4H3/b21-19+. The molecule has 1 heterocycles. The van der Waals surface area contributed by atoms with Gasteiger partial charge in [-0.1, -0.05) is 24.3 Å². The summed E-state index contributed by atoms with van der Waals surface area (Å²) >= 11 is 0. The van der Waals surface area contributed by atoms with E-state index >= 15 is 0 Å². The molecule has 2 aromatic carbocycles. The van der Waals surface area contributed by atoms with Gasteiger partial charge in [0.1, 0.15) is 11.5 Å². The van der Waals surface area contributed by atoms with Gasteiger partial charge in [0.15, 0.2) is 0 Å². The van der Waals surface area contributed by atoms with Crippen molar-refractivity contribution in [2.45, 2.75) is 6.04 Å². The van der Waals surface area contributed by atoms with Gasteiger partial charge in [0.05, 0.1) is 31.4 Å². The summed E-state index contributed by atoms with van der Waals surface area (Å²) in [7, 11) is 6.53. The number of methoxy groups -OCH3 is 2. The lowest BCUT2D eigenvalue weighted by Crippen LogP contribution is -2.35. The van der Waals surface area contributed by atoms with Crippen molar-refractivity contribution in [3.63, 3.8) is 0 Å². The number of likely N-dealkylation sites (N-methyl/N-ethyl adjacent to an activating group) is 1. The second kappa shape index (κ2) is 9.65. The molecule has 0 saturated carbocycles. The lowest BCUT2D eigenvalue weighted by molar-refractivity contribution is -0.140. The number of rotatable bonds is 7. The highest BCUT2D eigenvalue weighted by atomic mass is 16.5. The molecule has 1 aliphatic heterocycles. The van der Waals surface area contributed by atoms with Crippen LogP contribution in [-0.4, -0.2) is 74.0 Å². The first-order valence-electron chi connectivity index (χ1n) is 10.0. The topological polar surface area (TPSA) is 96.4 Å². The Bertz CT molecular complexity index is 1060. The van der Waals surface area contributed by atoms with Crippen LogP contribution in [0.3, 0.4) is 0 Å². The molecule has 0 aliphatic carbocycles. The SMILES string of the molecule is COC(=O)c1ccc(C2/C(=C(\O)c3cccc(OC)c3)C(=O)C(=O)N2CCN(C)C)cc1. The van der Waals surface area contributed by atoms with Gasteiger partial charge in [0, 0.05) is 18.7 Å². The average molecular weight is 438 g/mol. The molecule has 0 radical (unpaired) electrons. The zero-order valence-corrected chi connectivity index (χ0v) is 18.5. The number of carbonyl (C=O) groups excluding carboxylic acids is 3. The number of ether oxygens (including phenoxy) is 2. The van der Waals surface area contributed by atoms with Crippen molar-refractivity contribution in [2.24, 2.45) is 0 Å². The molecule has 2 aromatic rings. The predicted octanol–water partition coefficient (Wildman–Crippen LogP) is 2.47. The quantitative estimate of drug-likeness (QED) is 0.307. The minimum absolute atomic E-state index is 0.00664. The van der Waals surface area contributed by atoms with E-state index in [2.05, 4.69) is 0 Å². The highest BCUT2D eigenvalue weighted by molar-refractivity contribution is 6.46. The summed E-state index contributed by atoms with van der Waals surface area (Å²) in [5.74, 6) is -1.70. The molecular formula is C24H26N2O6. The predicted molar refractivity (Wildman–Crippen MR) is 118 cm³/mol. The van der Waals surface area contributed by atoms with E-state index in [1.54, 1.807) is 48.5 Å². The summed E-state index contributed by atoms with van der Waals surface area (Å²) in [4.78, 5) is 41.1. The van der Waals surface area contributed by atoms with Crippen molar-refractivity contribution < 1.29 is 29.0 Å². The molecule has 0 bridgehead atoms. The van der Waals surface area contributed by atoms with E-state index in [0.717, 1.165) is 0 Å². The van der Waals surface area contributed by atoms with Crippen molar-refractivity contribution in [1.82, 2.24) is 9.80 Å². The second-order valence-electron chi connectivity index (χ2n) is 7.64. The van der Waals surface area contributed by atoms with Crippen molar-refractivity contribution >= 4 is 23.4 Å². The molecule has 1 aliphatic rings. The number of esters is 1. The number of aliphatic hydroxyl groups is 1. The first-order valence-corrected chi connectivity index (χ1v) is 10.0. The third-order valence-corrected chi connectivity index (χ3v) is 5.32. The molecule has 32 heavy (non-hydrogen) atoms. The van der Waals surface area contributed by atoms with Crippen LogP contribution in [0.15, 0.2) is 54.1 Å². The number of benzene rings is 2. The average Bonchev–Trinajstić information content (AvgIpc) is 3.06. The fraction of sp³-hybridized carbons (Fsp3) is 0.292. The third-order valence-electron chi connectivity index (χ3n) is 5.32. The molecule has 1 saturated heterocycles. The van der Waals surface area contributed by atoms with Crippen LogP contribution in [0, 0.1) is 0 Å². The lowest BCUT2D eigenvalue weighted by atomic mass is 9.94. The molecule has 1 N–H and O–H groups in total. The highest BCUT2D eigenvalue weighted by Gasteiger charge is 2.45. The number of nitrogens with zero attached hydrogens (tertiary/aromatic N) is 2. The van der Waals surface area contributed by atoms with E-state index in [4.69, 9.17) is 9.47 Å². The summed E-state index contributed by atoms with van der Waals surface area (Å²) in [6, 6.07) is 12.3. The molecule has 1 atom stereocenters. The van der Waals surface area contributed by atoms with Gasteiger partial charge in [-0.25, -0.2) is 4.79 Å². The second-order valence-corrected chi connectivity index (χ2v) is 7.64. The van der Waals surface area contributed by atoms with Crippen LogP contribution in [-0.2, 0) is 14.3 Å². The van der Waals surface area contributed by atoms with Gasteiger partial charge in [-0.05, 0) is 43.9 Å². The van der Waals surface area contributed by atoms with E-state index in [1.165, 1.54) is 19.1 Å². The number of hydrogen-bond donors (Lipinski definition) is 1. The Morgan fingerprint density at radius 2 is 1.75 bits per heavy atom. The van der Waals surface area contributed by atoms with E-state index in [1.807, 2.05) is 19.0 Å². The number of hydrogen-bond acceptors (Lipinski definition) is 7. The van der Waals surface area contributed by atoms with Crippen molar-refractivity contribution in [3.05, 3.63) is 70.8 Å². The van der Waals surface area contributed by atoms with Gasteiger partial charge in [-0.2, -0.15) is 0 Å². The van der Waals surface area contributed by atoms with Gasteiger partial charge >= 0.3 is 5.97 Å². The number of likely N-dealkylation sites (tertiary alicyclic amines) is 1. The van der Waals surface area contributed by atoms with E-state index in [0.29, 0.717) is 29.0 Å². The number of amides is 1. The monoisotopic (exact) mass is 438 g/mol. The minimum Gasteiger partial charge on any atom is -0.507 e. The molecule has 1 amide bonds. The molecule has 8 heteroatoms. The summed E-state index contributed by atoms with van der Waals surface area (Å²) in [6.07, 6.45) is 0. The number of aliphatic hydroxyl groups excluding tert-OH is 1. The fourth-order valence-electron chi connectivity index (χ4n) is 3.61.